The Morgan fingerprint density at radius 1 is 1.75 bits per heavy atom. The third-order valence-corrected chi connectivity index (χ3v) is 1.91. The van der Waals surface area contributed by atoms with E-state index in [1.807, 2.05) is 0 Å². The number of aliphatic hydroxyl groups is 1. The molecule has 0 aromatic carbocycles. The van der Waals surface area contributed by atoms with Crippen LogP contribution in [-0.4, -0.2) is 40.6 Å². The molecule has 12 heavy (non-hydrogen) atoms. The first-order valence-electron chi connectivity index (χ1n) is 4.16. The van der Waals surface area contributed by atoms with Crippen molar-refractivity contribution in [2.75, 3.05) is 13.1 Å². The average Bonchev–Trinajstić information content (AvgIpc) is 1.80. The third-order valence-electron chi connectivity index (χ3n) is 1.91. The Balaban J connectivity index is 2.29. The monoisotopic (exact) mass is 172 g/mol. The number of rotatable bonds is 2. The van der Waals surface area contributed by atoms with Crippen LogP contribution in [0.5, 0.6) is 0 Å². The minimum atomic E-state index is -0.673. The van der Waals surface area contributed by atoms with Gasteiger partial charge in [-0.3, -0.25) is 4.79 Å². The summed E-state index contributed by atoms with van der Waals surface area (Å²) in [5.74, 6) is 0.0384. The van der Waals surface area contributed by atoms with Crippen molar-refractivity contribution in [1.82, 2.24) is 4.90 Å². The minimum absolute atomic E-state index is 0.0384. The van der Waals surface area contributed by atoms with Gasteiger partial charge >= 0.3 is 0 Å². The standard InChI is InChI=1S/C8H16N2O2/c1-6(9)3-7(11)10-4-8(2,12)5-10/h6,12H,3-5,9H2,1-2H3. The van der Waals surface area contributed by atoms with Gasteiger partial charge in [0.25, 0.3) is 0 Å². The van der Waals surface area contributed by atoms with Gasteiger partial charge in [-0.15, -0.1) is 0 Å². The summed E-state index contributed by atoms with van der Waals surface area (Å²) in [6, 6.07) is -0.0944. The van der Waals surface area contributed by atoms with Crippen molar-refractivity contribution < 1.29 is 9.90 Å². The molecule has 1 heterocycles. The Labute approximate surface area is 72.3 Å². The number of nitrogens with zero attached hydrogens (tertiary/aromatic N) is 1. The van der Waals surface area contributed by atoms with Crippen LogP contribution in [0.2, 0.25) is 0 Å². The van der Waals surface area contributed by atoms with E-state index in [1.54, 1.807) is 18.7 Å². The lowest BCUT2D eigenvalue weighted by molar-refractivity contribution is -0.152. The Morgan fingerprint density at radius 3 is 2.58 bits per heavy atom. The molecule has 0 aromatic rings. The van der Waals surface area contributed by atoms with Crippen molar-refractivity contribution in [3.63, 3.8) is 0 Å². The van der Waals surface area contributed by atoms with Gasteiger partial charge < -0.3 is 15.7 Å². The largest absolute Gasteiger partial charge is 0.386 e. The quantitative estimate of drug-likeness (QED) is 0.580. The highest BCUT2D eigenvalue weighted by molar-refractivity contribution is 5.77. The van der Waals surface area contributed by atoms with Crippen LogP contribution < -0.4 is 5.73 Å². The molecule has 0 radical (unpaired) electrons. The molecule has 1 aliphatic heterocycles. The molecule has 0 spiro atoms. The van der Waals surface area contributed by atoms with Crippen LogP contribution in [0.1, 0.15) is 20.3 Å². The molecular weight excluding hydrogens is 156 g/mol. The highest BCUT2D eigenvalue weighted by Gasteiger charge is 2.39. The van der Waals surface area contributed by atoms with Gasteiger partial charge in [-0.1, -0.05) is 0 Å². The second-order valence-electron chi connectivity index (χ2n) is 3.93. The molecular formula is C8H16N2O2. The van der Waals surface area contributed by atoms with Crippen LogP contribution in [0, 0.1) is 0 Å². The van der Waals surface area contributed by atoms with Gasteiger partial charge in [-0.25, -0.2) is 0 Å². The van der Waals surface area contributed by atoms with Gasteiger partial charge in [0.05, 0.1) is 18.7 Å². The van der Waals surface area contributed by atoms with Crippen LogP contribution in [-0.2, 0) is 4.79 Å². The van der Waals surface area contributed by atoms with Crippen LogP contribution in [0.25, 0.3) is 0 Å². The van der Waals surface area contributed by atoms with Crippen molar-refractivity contribution in [3.05, 3.63) is 0 Å². The van der Waals surface area contributed by atoms with Crippen molar-refractivity contribution >= 4 is 5.91 Å². The number of amides is 1. The minimum Gasteiger partial charge on any atom is -0.386 e. The lowest BCUT2D eigenvalue weighted by Gasteiger charge is -2.44. The number of β-amino-alcohol motifs (C(OH)–C–C–N with tert-alkyl or cyclic N) is 1. The molecule has 1 atom stereocenters. The maximum absolute atomic E-state index is 11.3. The van der Waals surface area contributed by atoms with Crippen molar-refractivity contribution in [3.8, 4) is 0 Å². The van der Waals surface area contributed by atoms with Crippen LogP contribution in [0.3, 0.4) is 0 Å². The summed E-state index contributed by atoms with van der Waals surface area (Å²) >= 11 is 0. The predicted octanol–water partition coefficient (Wildman–Crippen LogP) is -0.683. The zero-order valence-electron chi connectivity index (χ0n) is 7.58. The first-order chi connectivity index (χ1) is 5.41. The molecule has 3 N–H and O–H groups in total. The zero-order chi connectivity index (χ0) is 9.35. The van der Waals surface area contributed by atoms with Crippen LogP contribution in [0.15, 0.2) is 0 Å². The molecule has 4 heteroatoms. The van der Waals surface area contributed by atoms with Gasteiger partial charge in [0.15, 0.2) is 0 Å². The molecule has 70 valence electrons. The summed E-state index contributed by atoms with van der Waals surface area (Å²) < 4.78 is 0. The molecule has 1 rings (SSSR count). The van der Waals surface area contributed by atoms with E-state index in [2.05, 4.69) is 0 Å². The second-order valence-corrected chi connectivity index (χ2v) is 3.93. The summed E-state index contributed by atoms with van der Waals surface area (Å²) in [6.45, 7) is 4.41. The maximum Gasteiger partial charge on any atom is 0.224 e. The van der Waals surface area contributed by atoms with Crippen molar-refractivity contribution in [2.24, 2.45) is 5.73 Å². The fourth-order valence-corrected chi connectivity index (χ4v) is 1.36. The van der Waals surface area contributed by atoms with E-state index in [9.17, 15) is 9.90 Å². The molecule has 1 amide bonds. The lowest BCUT2D eigenvalue weighted by Crippen LogP contribution is -2.62. The number of carbonyl (C=O) groups excluding carboxylic acids is 1. The Morgan fingerprint density at radius 2 is 2.25 bits per heavy atom. The van der Waals surface area contributed by atoms with E-state index >= 15 is 0 Å². The maximum atomic E-state index is 11.3. The van der Waals surface area contributed by atoms with Crippen molar-refractivity contribution in [1.29, 1.82) is 0 Å². The molecule has 0 aromatic heterocycles. The molecule has 1 fully saturated rings. The zero-order valence-corrected chi connectivity index (χ0v) is 7.58. The van der Waals surface area contributed by atoms with E-state index in [0.717, 1.165) is 0 Å². The Hall–Kier alpha value is -0.610. The van der Waals surface area contributed by atoms with Gasteiger partial charge in [0, 0.05) is 12.5 Å². The third kappa shape index (κ3) is 2.19. The topological polar surface area (TPSA) is 66.6 Å². The second kappa shape index (κ2) is 3.03. The number of hydrogen-bond acceptors (Lipinski definition) is 3. The van der Waals surface area contributed by atoms with Gasteiger partial charge in [0.1, 0.15) is 0 Å². The van der Waals surface area contributed by atoms with E-state index in [0.29, 0.717) is 19.5 Å². The highest BCUT2D eigenvalue weighted by Crippen LogP contribution is 2.20. The first-order valence-corrected chi connectivity index (χ1v) is 4.16. The first kappa shape index (κ1) is 9.48. The molecule has 1 saturated heterocycles. The van der Waals surface area contributed by atoms with E-state index < -0.39 is 5.60 Å². The number of hydrogen-bond donors (Lipinski definition) is 2. The van der Waals surface area contributed by atoms with Gasteiger partial charge in [-0.05, 0) is 13.8 Å². The normalized spacial score (nSPS) is 23.2. The molecule has 1 unspecified atom stereocenters. The van der Waals surface area contributed by atoms with E-state index in [1.165, 1.54) is 0 Å². The van der Waals surface area contributed by atoms with Gasteiger partial charge in [-0.2, -0.15) is 0 Å². The number of nitrogens with two attached hydrogens (primary N) is 1. The summed E-state index contributed by atoms with van der Waals surface area (Å²) in [4.78, 5) is 12.9. The lowest BCUT2D eigenvalue weighted by atomic mass is 9.96. The molecule has 0 bridgehead atoms. The van der Waals surface area contributed by atoms with Crippen molar-refractivity contribution in [2.45, 2.75) is 31.9 Å². The van der Waals surface area contributed by atoms with E-state index in [-0.39, 0.29) is 11.9 Å². The molecule has 1 aliphatic rings. The fraction of sp³-hybridized carbons (Fsp3) is 0.875. The fourth-order valence-electron chi connectivity index (χ4n) is 1.36. The molecule has 4 nitrogen and oxygen atoms in total. The van der Waals surface area contributed by atoms with Crippen LogP contribution in [0.4, 0.5) is 0 Å². The average molecular weight is 172 g/mol. The van der Waals surface area contributed by atoms with Crippen LogP contribution >= 0.6 is 0 Å². The van der Waals surface area contributed by atoms with E-state index in [4.69, 9.17) is 5.73 Å². The van der Waals surface area contributed by atoms with Gasteiger partial charge in [0.2, 0.25) is 5.91 Å². The smallest absolute Gasteiger partial charge is 0.224 e. The molecule has 0 saturated carbocycles. The molecule has 0 aliphatic carbocycles. The summed E-state index contributed by atoms with van der Waals surface area (Å²) in [6.07, 6.45) is 0.371. The summed E-state index contributed by atoms with van der Waals surface area (Å²) in [7, 11) is 0. The Bertz CT molecular complexity index is 181. The SMILES string of the molecule is CC(N)CC(=O)N1CC(C)(O)C1. The Kier molecular flexibility index (Phi) is 2.39. The highest BCUT2D eigenvalue weighted by atomic mass is 16.3. The predicted molar refractivity (Wildman–Crippen MR) is 45.5 cm³/mol. The summed E-state index contributed by atoms with van der Waals surface area (Å²) in [5.41, 5.74) is 4.79. The summed E-state index contributed by atoms with van der Waals surface area (Å²) in [5, 5.41) is 9.34. The number of carbonyl (C=O) groups is 1. The number of likely N-dealkylation sites (tertiary alicyclic amines) is 1.